The first kappa shape index (κ1) is 12.5. The quantitative estimate of drug-likeness (QED) is 0.821. The molecule has 0 radical (unpaired) electrons. The van der Waals surface area contributed by atoms with Gasteiger partial charge in [0.2, 0.25) is 5.88 Å². The number of hydrogen-bond donors (Lipinski definition) is 2. The normalized spacial score (nSPS) is 11.5. The number of rotatable bonds is 2. The number of halogens is 3. The minimum absolute atomic E-state index is 0.0155. The molecule has 1 rings (SSSR count). The predicted octanol–water partition coefficient (Wildman–Crippen LogP) is 2.63. The molecule has 0 saturated carbocycles. The van der Waals surface area contributed by atoms with Crippen LogP contribution in [-0.2, 0) is 11.8 Å². The van der Waals surface area contributed by atoms with Gasteiger partial charge in [0.15, 0.2) is 0 Å². The Morgan fingerprint density at radius 3 is 2.36 bits per heavy atom. The van der Waals surface area contributed by atoms with Crippen molar-refractivity contribution in [1.82, 2.24) is 4.98 Å². The summed E-state index contributed by atoms with van der Waals surface area (Å²) in [6.45, 7) is -3.86. The van der Waals surface area contributed by atoms with E-state index in [0.29, 0.717) is 0 Å². The summed E-state index contributed by atoms with van der Waals surface area (Å²) in [7, 11) is 0. The Morgan fingerprint density at radius 1 is 1.29 bits per heavy atom. The van der Waals surface area contributed by atoms with Gasteiger partial charge in [-0.15, -0.1) is 0 Å². The van der Waals surface area contributed by atoms with Crippen molar-refractivity contribution in [2.75, 3.05) is 0 Å². The summed E-state index contributed by atoms with van der Waals surface area (Å²) in [5, 5.41) is 0.0338. The molecule has 0 atom stereocenters. The van der Waals surface area contributed by atoms with Gasteiger partial charge in [0.25, 0.3) is 0 Å². The molecular formula is C5H3Cl3NO3PS. The van der Waals surface area contributed by atoms with Crippen LogP contribution in [0.1, 0.15) is 0 Å². The Hall–Kier alpha value is 0.390. The lowest BCUT2D eigenvalue weighted by molar-refractivity contribution is 0.365. The number of pyridine rings is 1. The number of nitrogens with zero attached hydrogens (tertiary/aromatic N) is 1. The van der Waals surface area contributed by atoms with Gasteiger partial charge in [-0.05, 0) is 0 Å². The number of hydrogen-bond acceptors (Lipinski definition) is 3. The largest absolute Gasteiger partial charge is 0.404 e. The van der Waals surface area contributed by atoms with Crippen molar-refractivity contribution in [2.24, 2.45) is 0 Å². The van der Waals surface area contributed by atoms with Crippen molar-refractivity contribution in [1.29, 1.82) is 0 Å². The van der Waals surface area contributed by atoms with E-state index in [0.717, 1.165) is 6.20 Å². The SMILES string of the molecule is OP(O)(=S)Oc1ncc(Cl)c(Cl)c1Cl. The zero-order valence-electron chi connectivity index (χ0n) is 6.32. The highest BCUT2D eigenvalue weighted by Crippen LogP contribution is 2.43. The van der Waals surface area contributed by atoms with Crippen LogP contribution in [0.2, 0.25) is 15.1 Å². The summed E-state index contributed by atoms with van der Waals surface area (Å²) >= 11 is 21.1. The van der Waals surface area contributed by atoms with Gasteiger partial charge >= 0.3 is 6.72 Å². The third-order valence-electron chi connectivity index (χ3n) is 1.09. The molecule has 9 heteroatoms. The van der Waals surface area contributed by atoms with Crippen molar-refractivity contribution >= 4 is 53.3 Å². The van der Waals surface area contributed by atoms with E-state index in [2.05, 4.69) is 21.3 Å². The minimum atomic E-state index is -3.86. The average molecular weight is 294 g/mol. The van der Waals surface area contributed by atoms with E-state index >= 15 is 0 Å². The first-order chi connectivity index (χ1) is 6.31. The summed E-state index contributed by atoms with van der Waals surface area (Å²) in [5.74, 6) is -0.255. The lowest BCUT2D eigenvalue weighted by Crippen LogP contribution is -1.93. The van der Waals surface area contributed by atoms with Crippen LogP contribution in [0.5, 0.6) is 5.88 Å². The van der Waals surface area contributed by atoms with Crippen molar-refractivity contribution in [2.45, 2.75) is 0 Å². The Kier molecular flexibility index (Phi) is 4.00. The summed E-state index contributed by atoms with van der Waals surface area (Å²) in [4.78, 5) is 21.3. The molecule has 14 heavy (non-hydrogen) atoms. The highest BCUT2D eigenvalue weighted by molar-refractivity contribution is 8.06. The Balaban J connectivity index is 3.12. The number of aromatic nitrogens is 1. The second-order valence-corrected chi connectivity index (χ2v) is 5.87. The smallest absolute Gasteiger partial charge is 0.376 e. The topological polar surface area (TPSA) is 62.6 Å². The molecule has 0 aliphatic carbocycles. The fraction of sp³-hybridized carbons (Fsp3) is 0. The van der Waals surface area contributed by atoms with E-state index in [1.54, 1.807) is 0 Å². The van der Waals surface area contributed by atoms with Crippen LogP contribution in [0.4, 0.5) is 0 Å². The summed E-state index contributed by atoms with van der Waals surface area (Å²) < 4.78 is 4.52. The van der Waals surface area contributed by atoms with Crippen molar-refractivity contribution in [3.63, 3.8) is 0 Å². The Bertz CT molecular complexity index is 409. The van der Waals surface area contributed by atoms with Crippen LogP contribution in [0.3, 0.4) is 0 Å². The maximum absolute atomic E-state index is 8.84. The maximum Gasteiger partial charge on any atom is 0.376 e. The van der Waals surface area contributed by atoms with E-state index in [-0.39, 0.29) is 20.9 Å². The van der Waals surface area contributed by atoms with Gasteiger partial charge in [0.05, 0.1) is 16.2 Å². The molecule has 0 fully saturated rings. The van der Waals surface area contributed by atoms with Crippen LogP contribution in [-0.4, -0.2) is 14.8 Å². The average Bonchev–Trinajstić information content (AvgIpc) is 2.04. The van der Waals surface area contributed by atoms with Gasteiger partial charge in [-0.25, -0.2) is 4.98 Å². The van der Waals surface area contributed by atoms with Crippen molar-refractivity contribution < 1.29 is 14.3 Å². The van der Waals surface area contributed by atoms with Crippen LogP contribution < -0.4 is 4.52 Å². The zero-order chi connectivity index (χ0) is 10.9. The maximum atomic E-state index is 8.84. The first-order valence-electron chi connectivity index (χ1n) is 3.06. The zero-order valence-corrected chi connectivity index (χ0v) is 10.3. The molecule has 0 spiro atoms. The van der Waals surface area contributed by atoms with E-state index in [4.69, 9.17) is 44.6 Å². The molecule has 0 aliphatic rings. The molecule has 78 valence electrons. The molecule has 0 aromatic carbocycles. The summed E-state index contributed by atoms with van der Waals surface area (Å²) in [6.07, 6.45) is 1.16. The molecule has 0 bridgehead atoms. The van der Waals surface area contributed by atoms with Crippen LogP contribution in [0, 0.1) is 0 Å². The molecular weight excluding hydrogens is 291 g/mol. The lowest BCUT2D eigenvalue weighted by atomic mass is 10.5. The highest BCUT2D eigenvalue weighted by atomic mass is 35.5. The van der Waals surface area contributed by atoms with Crippen molar-refractivity contribution in [3.05, 3.63) is 21.3 Å². The molecule has 0 unspecified atom stereocenters. The fourth-order valence-corrected chi connectivity index (χ4v) is 1.74. The standard InChI is InChI=1S/C5H3Cl3NO3PS/c6-2-1-9-5(4(8)3(2)7)12-13(10,11)14/h1H,(H2,10,11,14). The molecule has 0 saturated heterocycles. The summed E-state index contributed by atoms with van der Waals surface area (Å²) in [6, 6.07) is 0. The molecule has 2 N–H and O–H groups in total. The van der Waals surface area contributed by atoms with Gasteiger partial charge in [-0.3, -0.25) is 0 Å². The molecule has 1 aromatic rings. The lowest BCUT2D eigenvalue weighted by Gasteiger charge is -2.10. The van der Waals surface area contributed by atoms with Gasteiger partial charge in [-0.1, -0.05) is 34.8 Å². The summed E-state index contributed by atoms with van der Waals surface area (Å²) in [5.41, 5.74) is 0. The third kappa shape index (κ3) is 3.21. The molecule has 0 amide bonds. The minimum Gasteiger partial charge on any atom is -0.404 e. The van der Waals surface area contributed by atoms with Crippen LogP contribution in [0.25, 0.3) is 0 Å². The van der Waals surface area contributed by atoms with E-state index in [9.17, 15) is 0 Å². The second kappa shape index (κ2) is 4.49. The highest BCUT2D eigenvalue weighted by Gasteiger charge is 2.17. The second-order valence-electron chi connectivity index (χ2n) is 2.12. The monoisotopic (exact) mass is 293 g/mol. The van der Waals surface area contributed by atoms with E-state index in [1.165, 1.54) is 0 Å². The van der Waals surface area contributed by atoms with Gasteiger partial charge < -0.3 is 14.3 Å². The molecule has 1 heterocycles. The fourth-order valence-electron chi connectivity index (χ4n) is 0.604. The van der Waals surface area contributed by atoms with Gasteiger partial charge in [0, 0.05) is 11.8 Å². The predicted molar refractivity (Wildman–Crippen MR) is 58.6 cm³/mol. The van der Waals surface area contributed by atoms with E-state index < -0.39 is 6.72 Å². The molecule has 4 nitrogen and oxygen atoms in total. The third-order valence-corrected chi connectivity index (χ3v) is 2.95. The van der Waals surface area contributed by atoms with Gasteiger partial charge in [-0.2, -0.15) is 0 Å². The van der Waals surface area contributed by atoms with Crippen molar-refractivity contribution in [3.8, 4) is 5.88 Å². The molecule has 0 aliphatic heterocycles. The first-order valence-corrected chi connectivity index (χ1v) is 6.82. The van der Waals surface area contributed by atoms with Crippen LogP contribution in [0.15, 0.2) is 6.20 Å². The van der Waals surface area contributed by atoms with Gasteiger partial charge in [0.1, 0.15) is 5.02 Å². The molecule has 1 aromatic heterocycles. The Labute approximate surface area is 99.6 Å². The van der Waals surface area contributed by atoms with E-state index in [1.807, 2.05) is 0 Å². The Morgan fingerprint density at radius 2 is 1.86 bits per heavy atom. The van der Waals surface area contributed by atoms with Crippen LogP contribution >= 0.6 is 41.5 Å².